The number of rotatable bonds is 2. The van der Waals surface area contributed by atoms with E-state index < -0.39 is 6.10 Å². The van der Waals surface area contributed by atoms with E-state index in [1.54, 1.807) is 12.1 Å². The Morgan fingerprint density at radius 2 is 1.82 bits per heavy atom. The van der Waals surface area contributed by atoms with Gasteiger partial charge in [0.05, 0.1) is 0 Å². The SMILES string of the molecule is NCC([O-])c1ccccc1.[Na+]. The molecule has 2 nitrogen and oxygen atoms in total. The van der Waals surface area contributed by atoms with Gasteiger partial charge in [0.1, 0.15) is 0 Å². The van der Waals surface area contributed by atoms with Crippen molar-refractivity contribution >= 4 is 0 Å². The maximum Gasteiger partial charge on any atom is 1.00 e. The van der Waals surface area contributed by atoms with Gasteiger partial charge < -0.3 is 10.8 Å². The summed E-state index contributed by atoms with van der Waals surface area (Å²) in [7, 11) is 0. The molecule has 3 heteroatoms. The van der Waals surface area contributed by atoms with Crippen molar-refractivity contribution in [2.75, 3.05) is 6.54 Å². The van der Waals surface area contributed by atoms with Crippen molar-refractivity contribution in [3.8, 4) is 0 Å². The molecule has 1 aromatic carbocycles. The summed E-state index contributed by atoms with van der Waals surface area (Å²) in [6, 6.07) is 9.16. The molecular weight excluding hydrogens is 149 g/mol. The van der Waals surface area contributed by atoms with E-state index in [0.717, 1.165) is 5.56 Å². The van der Waals surface area contributed by atoms with Gasteiger partial charge in [0, 0.05) is 0 Å². The Balaban J connectivity index is 0.000001000. The summed E-state index contributed by atoms with van der Waals surface area (Å²) in [6.45, 7) is 0.171. The first-order valence-electron chi connectivity index (χ1n) is 3.25. The van der Waals surface area contributed by atoms with E-state index in [0.29, 0.717) is 0 Å². The van der Waals surface area contributed by atoms with Crippen LogP contribution in [0.4, 0.5) is 0 Å². The Hall–Kier alpha value is 0.140. The van der Waals surface area contributed by atoms with Crippen LogP contribution < -0.4 is 40.4 Å². The minimum Gasteiger partial charge on any atom is -0.848 e. The molecule has 0 aliphatic heterocycles. The van der Waals surface area contributed by atoms with Crippen molar-refractivity contribution in [1.29, 1.82) is 0 Å². The van der Waals surface area contributed by atoms with Crippen LogP contribution in [0.5, 0.6) is 0 Å². The number of benzene rings is 1. The molecule has 1 rings (SSSR count). The minimum absolute atomic E-state index is 0. The summed E-state index contributed by atoms with van der Waals surface area (Å²) in [6.07, 6.45) is -0.763. The molecule has 0 saturated carbocycles. The van der Waals surface area contributed by atoms with E-state index in [2.05, 4.69) is 0 Å². The van der Waals surface area contributed by atoms with Crippen molar-refractivity contribution < 1.29 is 34.7 Å². The van der Waals surface area contributed by atoms with Crippen LogP contribution in [0.1, 0.15) is 11.7 Å². The van der Waals surface area contributed by atoms with Gasteiger partial charge in [0.2, 0.25) is 0 Å². The molecule has 0 radical (unpaired) electrons. The molecule has 2 N–H and O–H groups in total. The first-order valence-corrected chi connectivity index (χ1v) is 3.25. The Bertz CT molecular complexity index is 191. The van der Waals surface area contributed by atoms with Gasteiger partial charge >= 0.3 is 29.6 Å². The van der Waals surface area contributed by atoms with E-state index in [1.807, 2.05) is 18.2 Å². The van der Waals surface area contributed by atoms with Crippen molar-refractivity contribution in [2.24, 2.45) is 5.73 Å². The maximum atomic E-state index is 11.0. The zero-order valence-corrected chi connectivity index (χ0v) is 8.66. The van der Waals surface area contributed by atoms with Gasteiger partial charge in [-0.05, 0) is 6.54 Å². The molecule has 1 unspecified atom stereocenters. The normalized spacial score (nSPS) is 11.8. The second-order valence-corrected chi connectivity index (χ2v) is 2.14. The predicted octanol–water partition coefficient (Wildman–Crippen LogP) is -2.95. The van der Waals surface area contributed by atoms with Crippen LogP contribution in [-0.2, 0) is 0 Å². The summed E-state index contributed by atoms with van der Waals surface area (Å²) in [5.74, 6) is 0. The third-order valence-electron chi connectivity index (χ3n) is 1.39. The molecule has 1 aromatic rings. The molecule has 0 heterocycles. The van der Waals surface area contributed by atoms with Crippen LogP contribution in [-0.4, -0.2) is 6.54 Å². The molecule has 0 amide bonds. The van der Waals surface area contributed by atoms with Crippen LogP contribution in [0.15, 0.2) is 30.3 Å². The van der Waals surface area contributed by atoms with Crippen molar-refractivity contribution in [3.05, 3.63) is 35.9 Å². The standard InChI is InChI=1S/C8H10NO.Na/c9-6-8(10)7-4-2-1-3-5-7;/h1-5,8H,6,9H2;/q-1;+1. The molecule has 11 heavy (non-hydrogen) atoms. The molecule has 0 bridgehead atoms. The van der Waals surface area contributed by atoms with Gasteiger partial charge in [-0.15, -0.1) is 0 Å². The van der Waals surface area contributed by atoms with Crippen molar-refractivity contribution in [2.45, 2.75) is 6.10 Å². The fourth-order valence-corrected chi connectivity index (χ4v) is 0.804. The summed E-state index contributed by atoms with van der Waals surface area (Å²) in [5, 5.41) is 11.0. The fourth-order valence-electron chi connectivity index (χ4n) is 0.804. The molecule has 0 aromatic heterocycles. The molecule has 0 aliphatic rings. The van der Waals surface area contributed by atoms with Crippen molar-refractivity contribution in [1.82, 2.24) is 0 Å². The third-order valence-corrected chi connectivity index (χ3v) is 1.39. The molecule has 0 saturated heterocycles. The third kappa shape index (κ3) is 3.36. The molecule has 0 fully saturated rings. The molecule has 54 valence electrons. The summed E-state index contributed by atoms with van der Waals surface area (Å²) in [5.41, 5.74) is 5.96. The summed E-state index contributed by atoms with van der Waals surface area (Å²) < 4.78 is 0. The second kappa shape index (κ2) is 5.75. The molecule has 0 aliphatic carbocycles. The number of nitrogens with two attached hydrogens (primary N) is 1. The molecular formula is C8H10NNaO. The van der Waals surface area contributed by atoms with Gasteiger partial charge in [-0.25, -0.2) is 0 Å². The van der Waals surface area contributed by atoms with Crippen LogP contribution >= 0.6 is 0 Å². The van der Waals surface area contributed by atoms with Gasteiger partial charge in [0.15, 0.2) is 0 Å². The quantitative estimate of drug-likeness (QED) is 0.469. The summed E-state index contributed by atoms with van der Waals surface area (Å²) in [4.78, 5) is 0. The number of hydrogen-bond acceptors (Lipinski definition) is 2. The minimum atomic E-state index is -0.763. The first kappa shape index (κ1) is 11.1. The topological polar surface area (TPSA) is 49.1 Å². The monoisotopic (exact) mass is 159 g/mol. The Morgan fingerprint density at radius 1 is 1.27 bits per heavy atom. The predicted molar refractivity (Wildman–Crippen MR) is 38.2 cm³/mol. The number of hydrogen-bond donors (Lipinski definition) is 1. The van der Waals surface area contributed by atoms with Crippen LogP contribution in [0.3, 0.4) is 0 Å². The van der Waals surface area contributed by atoms with E-state index in [-0.39, 0.29) is 36.1 Å². The smallest absolute Gasteiger partial charge is 0.848 e. The van der Waals surface area contributed by atoms with Crippen molar-refractivity contribution in [3.63, 3.8) is 0 Å². The van der Waals surface area contributed by atoms with Crippen LogP contribution in [0.25, 0.3) is 0 Å². The van der Waals surface area contributed by atoms with E-state index in [9.17, 15) is 5.11 Å². The largest absolute Gasteiger partial charge is 1.00 e. The van der Waals surface area contributed by atoms with E-state index in [1.165, 1.54) is 0 Å². The van der Waals surface area contributed by atoms with Gasteiger partial charge in [-0.1, -0.05) is 42.0 Å². The molecule has 1 atom stereocenters. The average molecular weight is 159 g/mol. The Labute approximate surface area is 88.7 Å². The maximum absolute atomic E-state index is 11.0. The Kier molecular flexibility index (Phi) is 5.82. The molecule has 0 spiro atoms. The zero-order valence-electron chi connectivity index (χ0n) is 6.66. The van der Waals surface area contributed by atoms with E-state index in [4.69, 9.17) is 5.73 Å². The fraction of sp³-hybridized carbons (Fsp3) is 0.250. The Morgan fingerprint density at radius 3 is 2.27 bits per heavy atom. The first-order chi connectivity index (χ1) is 4.84. The van der Waals surface area contributed by atoms with Crippen LogP contribution in [0.2, 0.25) is 0 Å². The van der Waals surface area contributed by atoms with E-state index >= 15 is 0 Å². The average Bonchev–Trinajstić information content (AvgIpc) is 2.05. The van der Waals surface area contributed by atoms with Gasteiger partial charge in [-0.2, -0.15) is 0 Å². The van der Waals surface area contributed by atoms with Crippen LogP contribution in [0, 0.1) is 0 Å². The van der Waals surface area contributed by atoms with Gasteiger partial charge in [0.25, 0.3) is 0 Å². The summed E-state index contributed by atoms with van der Waals surface area (Å²) >= 11 is 0. The van der Waals surface area contributed by atoms with Gasteiger partial charge in [-0.3, -0.25) is 0 Å². The second-order valence-electron chi connectivity index (χ2n) is 2.14. The zero-order chi connectivity index (χ0) is 7.40.